The summed E-state index contributed by atoms with van der Waals surface area (Å²) >= 11 is 0. The third-order valence-corrected chi connectivity index (χ3v) is 15.1. The number of nitrogens with one attached hydrogen (secondary N) is 1. The van der Waals surface area contributed by atoms with Gasteiger partial charge in [0.25, 0.3) is 0 Å². The zero-order chi connectivity index (χ0) is 50.6. The molecule has 0 aromatic heterocycles. The van der Waals surface area contributed by atoms with E-state index in [1.807, 2.05) is 6.08 Å². The van der Waals surface area contributed by atoms with Crippen molar-refractivity contribution in [1.82, 2.24) is 5.32 Å². The van der Waals surface area contributed by atoms with Crippen LogP contribution in [0.2, 0.25) is 0 Å². The fraction of sp³-hybridized carbons (Fsp3) is 0.894. The molecular formula is C66H127NO3. The summed E-state index contributed by atoms with van der Waals surface area (Å²) in [5.74, 6) is -0.0704. The van der Waals surface area contributed by atoms with Crippen LogP contribution in [0, 0.1) is 0 Å². The molecule has 0 saturated heterocycles. The predicted octanol–water partition coefficient (Wildman–Crippen LogP) is 21.6. The van der Waals surface area contributed by atoms with E-state index in [9.17, 15) is 15.0 Å². The molecule has 70 heavy (non-hydrogen) atoms. The summed E-state index contributed by atoms with van der Waals surface area (Å²) in [5, 5.41) is 23.2. The van der Waals surface area contributed by atoms with Crippen molar-refractivity contribution in [2.45, 2.75) is 373 Å². The Kier molecular flexibility index (Phi) is 60.7. The van der Waals surface area contributed by atoms with Gasteiger partial charge in [-0.15, -0.1) is 0 Å². The number of amides is 1. The predicted molar refractivity (Wildman–Crippen MR) is 313 cm³/mol. The largest absolute Gasteiger partial charge is 0.394 e. The van der Waals surface area contributed by atoms with Crippen LogP contribution in [-0.2, 0) is 4.79 Å². The molecule has 0 aliphatic heterocycles. The van der Waals surface area contributed by atoms with Gasteiger partial charge in [0.1, 0.15) is 0 Å². The van der Waals surface area contributed by atoms with Crippen LogP contribution >= 0.6 is 0 Å². The Balaban J connectivity index is 3.46. The van der Waals surface area contributed by atoms with Gasteiger partial charge in [-0.3, -0.25) is 4.79 Å². The molecule has 0 rings (SSSR count). The van der Waals surface area contributed by atoms with Gasteiger partial charge in [-0.1, -0.05) is 346 Å². The van der Waals surface area contributed by atoms with Gasteiger partial charge >= 0.3 is 0 Å². The molecule has 0 heterocycles. The van der Waals surface area contributed by atoms with Crippen molar-refractivity contribution in [2.75, 3.05) is 6.61 Å². The van der Waals surface area contributed by atoms with Crippen molar-refractivity contribution >= 4 is 5.91 Å². The monoisotopic (exact) mass is 982 g/mol. The van der Waals surface area contributed by atoms with Crippen molar-refractivity contribution in [3.63, 3.8) is 0 Å². The summed E-state index contributed by atoms with van der Waals surface area (Å²) in [6.45, 7) is 4.34. The number of hydrogen-bond acceptors (Lipinski definition) is 3. The van der Waals surface area contributed by atoms with E-state index < -0.39 is 12.1 Å². The van der Waals surface area contributed by atoms with Gasteiger partial charge in [-0.25, -0.2) is 0 Å². The molecule has 0 fully saturated rings. The molecule has 0 radical (unpaired) electrons. The minimum absolute atomic E-state index is 0.0704. The Bertz CT molecular complexity index is 1070. The number of unbranched alkanes of at least 4 members (excludes halogenated alkanes) is 49. The summed E-state index contributed by atoms with van der Waals surface area (Å²) in [7, 11) is 0. The van der Waals surface area contributed by atoms with E-state index in [0.717, 1.165) is 38.5 Å². The Morgan fingerprint density at radius 3 is 0.829 bits per heavy atom. The number of carbonyl (C=O) groups is 1. The third-order valence-electron chi connectivity index (χ3n) is 15.1. The molecule has 0 bridgehead atoms. The number of rotatable bonds is 60. The zero-order valence-corrected chi connectivity index (χ0v) is 47.8. The number of aliphatic hydroxyl groups is 2. The second kappa shape index (κ2) is 61.9. The summed E-state index contributed by atoms with van der Waals surface area (Å²) in [4.78, 5) is 12.5. The lowest BCUT2D eigenvalue weighted by Gasteiger charge is -2.19. The lowest BCUT2D eigenvalue weighted by molar-refractivity contribution is -0.123. The van der Waals surface area contributed by atoms with E-state index in [2.05, 4.69) is 43.5 Å². The lowest BCUT2D eigenvalue weighted by atomic mass is 10.0. The molecule has 0 aliphatic carbocycles. The second-order valence-electron chi connectivity index (χ2n) is 22.2. The lowest BCUT2D eigenvalue weighted by Crippen LogP contribution is -2.45. The molecule has 0 saturated carbocycles. The fourth-order valence-corrected chi connectivity index (χ4v) is 10.2. The fourth-order valence-electron chi connectivity index (χ4n) is 10.2. The highest BCUT2D eigenvalue weighted by atomic mass is 16.3. The minimum Gasteiger partial charge on any atom is -0.394 e. The maximum Gasteiger partial charge on any atom is 0.220 e. The van der Waals surface area contributed by atoms with Crippen LogP contribution in [0.1, 0.15) is 361 Å². The van der Waals surface area contributed by atoms with Gasteiger partial charge in [0, 0.05) is 6.42 Å². The van der Waals surface area contributed by atoms with Crippen LogP contribution < -0.4 is 5.32 Å². The number of hydrogen-bond donors (Lipinski definition) is 3. The van der Waals surface area contributed by atoms with Crippen LogP contribution in [0.5, 0.6) is 0 Å². The zero-order valence-electron chi connectivity index (χ0n) is 47.8. The summed E-state index contributed by atoms with van der Waals surface area (Å²) in [5.41, 5.74) is 0. The van der Waals surface area contributed by atoms with Gasteiger partial charge < -0.3 is 15.5 Å². The second-order valence-corrected chi connectivity index (χ2v) is 22.2. The number of aliphatic hydroxyl groups excluding tert-OH is 2. The molecule has 0 aliphatic rings. The van der Waals surface area contributed by atoms with Crippen molar-refractivity contribution in [3.05, 3.63) is 36.5 Å². The molecule has 0 aromatic carbocycles. The maximum absolute atomic E-state index is 12.5. The molecule has 1 amide bonds. The van der Waals surface area contributed by atoms with E-state index in [0.29, 0.717) is 6.42 Å². The Morgan fingerprint density at radius 2 is 0.557 bits per heavy atom. The molecule has 4 nitrogen and oxygen atoms in total. The van der Waals surface area contributed by atoms with Crippen molar-refractivity contribution in [1.29, 1.82) is 0 Å². The molecule has 414 valence electrons. The smallest absolute Gasteiger partial charge is 0.220 e. The Morgan fingerprint density at radius 1 is 0.329 bits per heavy atom. The van der Waals surface area contributed by atoms with Gasteiger partial charge in [0.2, 0.25) is 5.91 Å². The maximum atomic E-state index is 12.5. The standard InChI is InChI=1S/C66H127NO3/c1-3-5-7-9-11-13-15-17-19-21-23-25-27-29-30-31-32-33-34-35-36-37-38-40-42-44-46-48-50-52-54-56-58-60-62-66(70)67-64(63-68)65(69)61-59-57-55-53-51-49-47-45-43-41-39-28-26-24-22-20-18-16-14-12-10-8-6-4-2/h43,45,51,53,59,61,64-65,68-69H,3-42,44,46-50,52,54-58,60,62-63H2,1-2H3,(H,67,70)/b45-43+,53-51+,61-59+. The van der Waals surface area contributed by atoms with Gasteiger partial charge in [-0.05, 0) is 44.9 Å². The van der Waals surface area contributed by atoms with Gasteiger partial charge in [-0.2, -0.15) is 0 Å². The van der Waals surface area contributed by atoms with Crippen molar-refractivity contribution in [3.8, 4) is 0 Å². The first kappa shape index (κ1) is 68.6. The minimum atomic E-state index is -0.870. The first-order valence-electron chi connectivity index (χ1n) is 32.2. The van der Waals surface area contributed by atoms with E-state index in [4.69, 9.17) is 0 Å². The highest BCUT2D eigenvalue weighted by molar-refractivity contribution is 5.76. The van der Waals surface area contributed by atoms with E-state index >= 15 is 0 Å². The van der Waals surface area contributed by atoms with Crippen LogP contribution in [0.15, 0.2) is 36.5 Å². The van der Waals surface area contributed by atoms with Crippen LogP contribution in [0.4, 0.5) is 0 Å². The number of allylic oxidation sites excluding steroid dienone is 5. The molecule has 2 atom stereocenters. The topological polar surface area (TPSA) is 69.6 Å². The summed E-state index contributed by atoms with van der Waals surface area (Å²) in [6.07, 6.45) is 85.0. The quantitative estimate of drug-likeness (QED) is 0.0420. The highest BCUT2D eigenvalue weighted by Gasteiger charge is 2.18. The Hall–Kier alpha value is -1.39. The van der Waals surface area contributed by atoms with Crippen LogP contribution in [0.25, 0.3) is 0 Å². The summed E-state index contributed by atoms with van der Waals surface area (Å²) in [6, 6.07) is -0.645. The van der Waals surface area contributed by atoms with E-state index in [1.165, 1.54) is 302 Å². The average molecular weight is 983 g/mol. The van der Waals surface area contributed by atoms with E-state index in [-0.39, 0.29) is 12.5 Å². The molecule has 0 aromatic rings. The van der Waals surface area contributed by atoms with Crippen molar-refractivity contribution < 1.29 is 15.0 Å². The van der Waals surface area contributed by atoms with Gasteiger partial charge in [0.05, 0.1) is 18.8 Å². The SMILES string of the molecule is CCCCCCCCCCCCCCCC/C=C/CC/C=C/CC/C=C/C(O)C(CO)NC(=O)CCCCCCCCCCCCCCCCCCCCCCCCCCCCCCCCCCCC. The first-order chi connectivity index (χ1) is 34.7. The third kappa shape index (κ3) is 57.5. The Labute approximate surface area is 440 Å². The van der Waals surface area contributed by atoms with Crippen LogP contribution in [-0.4, -0.2) is 34.9 Å². The molecule has 2 unspecified atom stereocenters. The normalized spacial score (nSPS) is 12.9. The molecule has 0 spiro atoms. The summed E-state index contributed by atoms with van der Waals surface area (Å²) < 4.78 is 0. The average Bonchev–Trinajstić information content (AvgIpc) is 3.36. The molecule has 3 N–H and O–H groups in total. The van der Waals surface area contributed by atoms with E-state index in [1.54, 1.807) is 6.08 Å². The molecular weight excluding hydrogens is 855 g/mol. The first-order valence-corrected chi connectivity index (χ1v) is 32.2. The van der Waals surface area contributed by atoms with Gasteiger partial charge in [0.15, 0.2) is 0 Å². The molecule has 4 heteroatoms. The highest BCUT2D eigenvalue weighted by Crippen LogP contribution is 2.18. The van der Waals surface area contributed by atoms with Crippen LogP contribution in [0.3, 0.4) is 0 Å². The van der Waals surface area contributed by atoms with Crippen molar-refractivity contribution in [2.24, 2.45) is 0 Å². The number of carbonyl (C=O) groups excluding carboxylic acids is 1.